The second-order valence-corrected chi connectivity index (χ2v) is 5.14. The van der Waals surface area contributed by atoms with E-state index in [9.17, 15) is 0 Å². The first-order chi connectivity index (χ1) is 11.2. The van der Waals surface area contributed by atoms with Crippen LogP contribution in [0.15, 0.2) is 71.9 Å². The molecule has 0 spiro atoms. The van der Waals surface area contributed by atoms with Crippen molar-refractivity contribution >= 4 is 5.71 Å². The molecule has 0 N–H and O–H groups in total. The van der Waals surface area contributed by atoms with E-state index in [2.05, 4.69) is 18.7 Å². The minimum atomic E-state index is 0.538. The van der Waals surface area contributed by atoms with Gasteiger partial charge >= 0.3 is 0 Å². The fourth-order valence-corrected chi connectivity index (χ4v) is 1.99. The average molecular weight is 309 g/mol. The molecular weight excluding hydrogens is 286 g/mol. The summed E-state index contributed by atoms with van der Waals surface area (Å²) in [5.41, 5.74) is 3.91. The van der Waals surface area contributed by atoms with Crippen LogP contribution in [0.3, 0.4) is 0 Å². The Kier molecular flexibility index (Phi) is 6.42. The van der Waals surface area contributed by atoms with E-state index in [0.717, 1.165) is 34.6 Å². The highest BCUT2D eigenvalue weighted by Crippen LogP contribution is 2.17. The van der Waals surface area contributed by atoms with Gasteiger partial charge in [0.2, 0.25) is 0 Å². The van der Waals surface area contributed by atoms with Gasteiger partial charge in [0, 0.05) is 11.1 Å². The predicted octanol–water partition coefficient (Wildman–Crippen LogP) is 4.82. The average Bonchev–Trinajstić information content (AvgIpc) is 2.62. The SMILES string of the molecule is C=C(CC)COc1ccc(C(=NOCC)c2ccccc2)cc1. The van der Waals surface area contributed by atoms with Gasteiger partial charge in [-0.05, 0) is 43.2 Å². The first kappa shape index (κ1) is 16.8. The minimum Gasteiger partial charge on any atom is -0.489 e. The number of rotatable bonds is 8. The summed E-state index contributed by atoms with van der Waals surface area (Å²) in [6.45, 7) is 9.03. The van der Waals surface area contributed by atoms with Gasteiger partial charge in [0.15, 0.2) is 0 Å². The monoisotopic (exact) mass is 309 g/mol. The van der Waals surface area contributed by atoms with Gasteiger partial charge in [-0.15, -0.1) is 0 Å². The molecule has 0 aromatic heterocycles. The Morgan fingerprint density at radius 2 is 1.61 bits per heavy atom. The van der Waals surface area contributed by atoms with Gasteiger partial charge in [0.05, 0.1) is 0 Å². The van der Waals surface area contributed by atoms with E-state index in [0.29, 0.717) is 13.2 Å². The lowest BCUT2D eigenvalue weighted by atomic mass is 10.0. The highest BCUT2D eigenvalue weighted by atomic mass is 16.6. The van der Waals surface area contributed by atoms with Crippen molar-refractivity contribution in [3.05, 3.63) is 77.9 Å². The van der Waals surface area contributed by atoms with Crippen molar-refractivity contribution in [2.24, 2.45) is 5.16 Å². The molecule has 0 saturated heterocycles. The summed E-state index contributed by atoms with van der Waals surface area (Å²) in [4.78, 5) is 5.27. The zero-order chi connectivity index (χ0) is 16.5. The van der Waals surface area contributed by atoms with Crippen LogP contribution in [-0.2, 0) is 4.84 Å². The molecule has 0 unspecified atom stereocenters. The lowest BCUT2D eigenvalue weighted by molar-refractivity contribution is 0.159. The van der Waals surface area contributed by atoms with E-state index in [4.69, 9.17) is 9.57 Å². The van der Waals surface area contributed by atoms with Crippen molar-refractivity contribution in [1.82, 2.24) is 0 Å². The largest absolute Gasteiger partial charge is 0.489 e. The number of ether oxygens (including phenoxy) is 1. The van der Waals surface area contributed by atoms with E-state index in [1.165, 1.54) is 0 Å². The van der Waals surface area contributed by atoms with Crippen LogP contribution in [0.4, 0.5) is 0 Å². The van der Waals surface area contributed by atoms with Crippen molar-refractivity contribution in [2.45, 2.75) is 20.3 Å². The molecule has 120 valence electrons. The maximum atomic E-state index is 5.71. The summed E-state index contributed by atoms with van der Waals surface area (Å²) in [6.07, 6.45) is 0.928. The fraction of sp³-hybridized carbons (Fsp3) is 0.250. The van der Waals surface area contributed by atoms with Gasteiger partial charge in [-0.2, -0.15) is 0 Å². The van der Waals surface area contributed by atoms with Gasteiger partial charge < -0.3 is 9.57 Å². The smallest absolute Gasteiger partial charge is 0.119 e. The summed E-state index contributed by atoms with van der Waals surface area (Å²) in [5, 5.41) is 4.26. The Labute approximate surface area is 138 Å². The molecule has 0 amide bonds. The van der Waals surface area contributed by atoms with Gasteiger partial charge in [0.25, 0.3) is 0 Å². The molecule has 23 heavy (non-hydrogen) atoms. The first-order valence-electron chi connectivity index (χ1n) is 7.89. The first-order valence-corrected chi connectivity index (χ1v) is 7.89. The molecule has 2 rings (SSSR count). The highest BCUT2D eigenvalue weighted by molar-refractivity contribution is 6.12. The molecule has 0 fully saturated rings. The summed E-state index contributed by atoms with van der Waals surface area (Å²) in [6, 6.07) is 17.9. The molecule has 0 radical (unpaired) electrons. The van der Waals surface area contributed by atoms with Crippen molar-refractivity contribution in [3.63, 3.8) is 0 Å². The Morgan fingerprint density at radius 1 is 0.957 bits per heavy atom. The maximum absolute atomic E-state index is 5.71. The summed E-state index contributed by atoms with van der Waals surface area (Å²) in [5.74, 6) is 0.826. The van der Waals surface area contributed by atoms with Crippen LogP contribution in [0, 0.1) is 0 Å². The summed E-state index contributed by atoms with van der Waals surface area (Å²) < 4.78 is 5.71. The molecule has 0 heterocycles. The second-order valence-electron chi connectivity index (χ2n) is 5.14. The van der Waals surface area contributed by atoms with Crippen molar-refractivity contribution in [1.29, 1.82) is 0 Å². The molecule has 2 aromatic rings. The van der Waals surface area contributed by atoms with Gasteiger partial charge in [-0.1, -0.05) is 49.0 Å². The van der Waals surface area contributed by atoms with Gasteiger partial charge in [-0.25, -0.2) is 0 Å². The predicted molar refractivity (Wildman–Crippen MR) is 95.1 cm³/mol. The molecule has 0 bridgehead atoms. The quantitative estimate of drug-likeness (QED) is 0.397. The molecule has 0 saturated carbocycles. The molecule has 0 aliphatic heterocycles. The van der Waals surface area contributed by atoms with Gasteiger partial charge in [0.1, 0.15) is 24.7 Å². The normalized spacial score (nSPS) is 11.1. The van der Waals surface area contributed by atoms with Crippen LogP contribution in [0.2, 0.25) is 0 Å². The standard InChI is InChI=1S/C20H23NO2/c1-4-16(3)15-22-19-13-11-18(12-14-19)20(21-23-5-2)17-9-7-6-8-10-17/h6-14H,3-5,15H2,1-2H3. The van der Waals surface area contributed by atoms with E-state index >= 15 is 0 Å². The molecule has 3 nitrogen and oxygen atoms in total. The van der Waals surface area contributed by atoms with E-state index in [1.54, 1.807) is 0 Å². The highest BCUT2D eigenvalue weighted by Gasteiger charge is 2.08. The lowest BCUT2D eigenvalue weighted by Crippen LogP contribution is -2.05. The van der Waals surface area contributed by atoms with Crippen molar-refractivity contribution in [3.8, 4) is 5.75 Å². The summed E-state index contributed by atoms with van der Waals surface area (Å²) >= 11 is 0. The third-order valence-electron chi connectivity index (χ3n) is 3.40. The zero-order valence-electron chi connectivity index (χ0n) is 13.8. The fourth-order valence-electron chi connectivity index (χ4n) is 1.99. The van der Waals surface area contributed by atoms with Crippen molar-refractivity contribution < 1.29 is 9.57 Å². The third-order valence-corrected chi connectivity index (χ3v) is 3.40. The molecule has 0 aliphatic rings. The molecule has 0 aliphatic carbocycles. The topological polar surface area (TPSA) is 30.8 Å². The van der Waals surface area contributed by atoms with E-state index in [-0.39, 0.29) is 0 Å². The Hall–Kier alpha value is -2.55. The number of oxime groups is 1. The summed E-state index contributed by atoms with van der Waals surface area (Å²) in [7, 11) is 0. The van der Waals surface area contributed by atoms with Gasteiger partial charge in [-0.3, -0.25) is 0 Å². The maximum Gasteiger partial charge on any atom is 0.119 e. The third kappa shape index (κ3) is 4.99. The molecule has 3 heteroatoms. The van der Waals surface area contributed by atoms with E-state index < -0.39 is 0 Å². The minimum absolute atomic E-state index is 0.538. The van der Waals surface area contributed by atoms with E-state index in [1.807, 2.05) is 61.5 Å². The van der Waals surface area contributed by atoms with Crippen LogP contribution in [-0.4, -0.2) is 18.9 Å². The molecular formula is C20H23NO2. The molecule has 2 aromatic carbocycles. The van der Waals surface area contributed by atoms with Crippen LogP contribution in [0.5, 0.6) is 5.75 Å². The Balaban J connectivity index is 2.18. The van der Waals surface area contributed by atoms with Crippen LogP contribution in [0.25, 0.3) is 0 Å². The second kappa shape index (κ2) is 8.79. The number of nitrogens with zero attached hydrogens (tertiary/aromatic N) is 1. The van der Waals surface area contributed by atoms with Crippen LogP contribution in [0.1, 0.15) is 31.4 Å². The van der Waals surface area contributed by atoms with Crippen molar-refractivity contribution in [2.75, 3.05) is 13.2 Å². The molecule has 0 atom stereocenters. The Bertz CT molecular complexity index is 645. The van der Waals surface area contributed by atoms with Crippen LogP contribution < -0.4 is 4.74 Å². The lowest BCUT2D eigenvalue weighted by Gasteiger charge is -2.10. The number of hydrogen-bond donors (Lipinski definition) is 0. The van der Waals surface area contributed by atoms with Crippen LogP contribution >= 0.6 is 0 Å². The zero-order valence-corrected chi connectivity index (χ0v) is 13.8. The Morgan fingerprint density at radius 3 is 2.22 bits per heavy atom. The number of hydrogen-bond acceptors (Lipinski definition) is 3. The number of benzene rings is 2.